The molecule has 96 valence electrons. The third-order valence-electron chi connectivity index (χ3n) is 2.45. The van der Waals surface area contributed by atoms with Crippen LogP contribution in [0.2, 0.25) is 0 Å². The van der Waals surface area contributed by atoms with Crippen LogP contribution in [0, 0.1) is 0 Å². The molecular formula is C9H11F3N2O2S. The molecule has 0 aliphatic carbocycles. The second-order valence-electron chi connectivity index (χ2n) is 3.81. The molecule has 2 heterocycles. The second kappa shape index (κ2) is 4.85. The average Bonchev–Trinajstić information content (AvgIpc) is 2.83. The summed E-state index contributed by atoms with van der Waals surface area (Å²) >= 11 is 1.66. The van der Waals surface area contributed by atoms with E-state index in [1.165, 1.54) is 0 Å². The van der Waals surface area contributed by atoms with Crippen LogP contribution in [0.15, 0.2) is 4.52 Å². The summed E-state index contributed by atoms with van der Waals surface area (Å²) in [5, 5.41) is 12.6. The minimum absolute atomic E-state index is 0.107. The monoisotopic (exact) mass is 268 g/mol. The van der Waals surface area contributed by atoms with Crippen LogP contribution in [0.3, 0.4) is 0 Å². The lowest BCUT2D eigenvalue weighted by molar-refractivity contribution is -0.204. The van der Waals surface area contributed by atoms with E-state index in [1.54, 1.807) is 11.8 Å². The zero-order valence-electron chi connectivity index (χ0n) is 8.78. The third kappa shape index (κ3) is 3.12. The summed E-state index contributed by atoms with van der Waals surface area (Å²) in [4.78, 5) is 3.89. The van der Waals surface area contributed by atoms with Crippen LogP contribution in [0.4, 0.5) is 13.2 Å². The lowest BCUT2D eigenvalue weighted by Crippen LogP contribution is -2.30. The van der Waals surface area contributed by atoms with E-state index >= 15 is 0 Å². The highest BCUT2D eigenvalue weighted by Crippen LogP contribution is 2.38. The molecule has 0 spiro atoms. The predicted molar refractivity (Wildman–Crippen MR) is 54.5 cm³/mol. The molecule has 8 heteroatoms. The number of rotatable bonds is 3. The van der Waals surface area contributed by atoms with Crippen molar-refractivity contribution in [2.24, 2.45) is 0 Å². The minimum atomic E-state index is -4.66. The molecule has 17 heavy (non-hydrogen) atoms. The summed E-state index contributed by atoms with van der Waals surface area (Å²) in [6, 6.07) is 0. The van der Waals surface area contributed by atoms with Crippen LogP contribution in [-0.2, 0) is 6.42 Å². The molecule has 1 aliphatic heterocycles. The number of hydrogen-bond donors (Lipinski definition) is 1. The number of halogens is 3. The summed E-state index contributed by atoms with van der Waals surface area (Å²) in [5.74, 6) is 1.26. The number of thioether (sulfide) groups is 1. The van der Waals surface area contributed by atoms with Crippen LogP contribution in [-0.4, -0.2) is 33.3 Å². The van der Waals surface area contributed by atoms with Crippen molar-refractivity contribution in [3.05, 3.63) is 11.7 Å². The van der Waals surface area contributed by atoms with Gasteiger partial charge in [-0.15, -0.1) is 0 Å². The van der Waals surface area contributed by atoms with Gasteiger partial charge in [0.25, 0.3) is 0 Å². The van der Waals surface area contributed by atoms with E-state index in [1.807, 2.05) is 0 Å². The van der Waals surface area contributed by atoms with E-state index in [4.69, 9.17) is 9.63 Å². The van der Waals surface area contributed by atoms with E-state index in [0.717, 1.165) is 18.6 Å². The lowest BCUT2D eigenvalue weighted by Gasteiger charge is -2.11. The van der Waals surface area contributed by atoms with Crippen LogP contribution >= 0.6 is 11.8 Å². The summed E-state index contributed by atoms with van der Waals surface area (Å²) in [5.41, 5.74) is 0. The van der Waals surface area contributed by atoms with Gasteiger partial charge in [-0.1, -0.05) is 5.16 Å². The molecule has 4 nitrogen and oxygen atoms in total. The topological polar surface area (TPSA) is 59.2 Å². The zero-order chi connectivity index (χ0) is 12.5. The highest BCUT2D eigenvalue weighted by Gasteiger charge is 2.39. The van der Waals surface area contributed by atoms with Crippen molar-refractivity contribution in [3.8, 4) is 0 Å². The summed E-state index contributed by atoms with van der Waals surface area (Å²) < 4.78 is 41.0. The number of aromatic nitrogens is 2. The summed E-state index contributed by atoms with van der Waals surface area (Å²) in [6.45, 7) is 0. The molecule has 2 unspecified atom stereocenters. The Balaban J connectivity index is 1.98. The first-order chi connectivity index (χ1) is 7.97. The molecule has 2 atom stereocenters. The van der Waals surface area contributed by atoms with E-state index in [9.17, 15) is 13.2 Å². The first-order valence-electron chi connectivity index (χ1n) is 5.15. The first kappa shape index (κ1) is 12.7. The molecular weight excluding hydrogens is 257 g/mol. The van der Waals surface area contributed by atoms with Crippen LogP contribution in [0.5, 0.6) is 0 Å². The van der Waals surface area contributed by atoms with Crippen LogP contribution < -0.4 is 0 Å². The molecule has 0 amide bonds. The fraction of sp³-hybridized carbons (Fsp3) is 0.778. The standard InChI is InChI=1S/C9H11F3N2O2S/c10-9(11,12)6(15)4-7-13-8(14-16-7)5-2-1-3-17-5/h5-6,15H,1-4H2. The van der Waals surface area contributed by atoms with E-state index in [-0.39, 0.29) is 11.1 Å². The van der Waals surface area contributed by atoms with Crippen LogP contribution in [0.25, 0.3) is 0 Å². The van der Waals surface area contributed by atoms with Gasteiger partial charge in [-0.25, -0.2) is 0 Å². The van der Waals surface area contributed by atoms with Gasteiger partial charge in [-0.05, 0) is 18.6 Å². The Labute approximate surface area is 99.6 Å². The number of hydrogen-bond acceptors (Lipinski definition) is 5. The van der Waals surface area contributed by atoms with Crippen molar-refractivity contribution in [2.75, 3.05) is 5.75 Å². The van der Waals surface area contributed by atoms with Crippen molar-refractivity contribution in [3.63, 3.8) is 0 Å². The van der Waals surface area contributed by atoms with Gasteiger partial charge in [0.1, 0.15) is 0 Å². The number of alkyl halides is 3. The van der Waals surface area contributed by atoms with Gasteiger partial charge in [0, 0.05) is 0 Å². The summed E-state index contributed by atoms with van der Waals surface area (Å²) in [6.07, 6.45) is -5.84. The SMILES string of the molecule is OC(Cc1nc(C2CCCS2)no1)C(F)(F)F. The normalized spacial score (nSPS) is 22.9. The Kier molecular flexibility index (Phi) is 3.62. The number of aliphatic hydroxyl groups excluding tert-OH is 1. The van der Waals surface area contributed by atoms with E-state index in [2.05, 4.69) is 10.1 Å². The van der Waals surface area contributed by atoms with Gasteiger partial charge in [-0.3, -0.25) is 0 Å². The highest BCUT2D eigenvalue weighted by molar-refractivity contribution is 7.99. The maximum Gasteiger partial charge on any atom is 0.414 e. The zero-order valence-corrected chi connectivity index (χ0v) is 9.59. The second-order valence-corrected chi connectivity index (χ2v) is 5.12. The number of nitrogens with zero attached hydrogens (tertiary/aromatic N) is 2. The predicted octanol–water partition coefficient (Wildman–Crippen LogP) is 2.10. The van der Waals surface area contributed by atoms with E-state index < -0.39 is 18.7 Å². The van der Waals surface area contributed by atoms with Crippen molar-refractivity contribution in [1.29, 1.82) is 0 Å². The molecule has 1 saturated heterocycles. The number of aliphatic hydroxyl groups is 1. The highest BCUT2D eigenvalue weighted by atomic mass is 32.2. The Hall–Kier alpha value is -0.760. The molecule has 2 rings (SSSR count). The maximum absolute atomic E-state index is 12.1. The largest absolute Gasteiger partial charge is 0.414 e. The molecule has 0 radical (unpaired) electrons. The Morgan fingerprint density at radius 3 is 2.88 bits per heavy atom. The van der Waals surface area contributed by atoms with Gasteiger partial charge in [0.05, 0.1) is 11.7 Å². The van der Waals surface area contributed by atoms with Crippen molar-refractivity contribution in [1.82, 2.24) is 10.1 Å². The van der Waals surface area contributed by atoms with Gasteiger partial charge in [0.15, 0.2) is 11.9 Å². The Morgan fingerprint density at radius 1 is 1.53 bits per heavy atom. The van der Waals surface area contributed by atoms with E-state index in [0.29, 0.717) is 5.82 Å². The van der Waals surface area contributed by atoms with Crippen molar-refractivity contribution < 1.29 is 22.8 Å². The Morgan fingerprint density at radius 2 is 2.29 bits per heavy atom. The molecule has 1 aromatic heterocycles. The van der Waals surface area contributed by atoms with Gasteiger partial charge in [0.2, 0.25) is 5.89 Å². The minimum Gasteiger partial charge on any atom is -0.383 e. The third-order valence-corrected chi connectivity index (χ3v) is 3.82. The molecule has 0 aromatic carbocycles. The smallest absolute Gasteiger partial charge is 0.383 e. The molecule has 1 aromatic rings. The van der Waals surface area contributed by atoms with Crippen LogP contribution in [0.1, 0.15) is 29.8 Å². The summed E-state index contributed by atoms with van der Waals surface area (Å²) in [7, 11) is 0. The fourth-order valence-corrected chi connectivity index (χ4v) is 2.74. The molecule has 1 N–H and O–H groups in total. The van der Waals surface area contributed by atoms with Crippen molar-refractivity contribution in [2.45, 2.75) is 36.8 Å². The molecule has 0 bridgehead atoms. The maximum atomic E-state index is 12.1. The Bertz CT molecular complexity index is 377. The van der Waals surface area contributed by atoms with Gasteiger partial charge < -0.3 is 9.63 Å². The quantitative estimate of drug-likeness (QED) is 0.909. The van der Waals surface area contributed by atoms with Gasteiger partial charge >= 0.3 is 6.18 Å². The van der Waals surface area contributed by atoms with Crippen molar-refractivity contribution >= 4 is 11.8 Å². The fourth-order valence-electron chi connectivity index (χ4n) is 1.54. The van der Waals surface area contributed by atoms with Gasteiger partial charge in [-0.2, -0.15) is 29.9 Å². The first-order valence-corrected chi connectivity index (χ1v) is 6.20. The molecule has 1 fully saturated rings. The average molecular weight is 268 g/mol. The molecule has 1 aliphatic rings. The molecule has 0 saturated carbocycles. The lowest BCUT2D eigenvalue weighted by atomic mass is 10.2.